The summed E-state index contributed by atoms with van der Waals surface area (Å²) in [5.74, 6) is 0.568. The summed E-state index contributed by atoms with van der Waals surface area (Å²) >= 11 is 0. The minimum Gasteiger partial charge on any atom is -0.354 e. The predicted molar refractivity (Wildman–Crippen MR) is 80.6 cm³/mol. The van der Waals surface area contributed by atoms with Crippen molar-refractivity contribution in [3.63, 3.8) is 0 Å². The van der Waals surface area contributed by atoms with Crippen LogP contribution in [0.1, 0.15) is 24.8 Å². The number of nitrogens with zero attached hydrogens (tertiary/aromatic N) is 1. The van der Waals surface area contributed by atoms with Gasteiger partial charge in [0.2, 0.25) is 0 Å². The molecule has 0 bridgehead atoms. The summed E-state index contributed by atoms with van der Waals surface area (Å²) in [6, 6.07) is 8.76. The van der Waals surface area contributed by atoms with E-state index < -0.39 is 0 Å². The molecule has 0 fully saturated rings. The highest BCUT2D eigenvalue weighted by atomic mass is 14.8. The number of nitrogens with one attached hydrogen (secondary N) is 2. The Morgan fingerprint density at radius 1 is 1.21 bits per heavy atom. The van der Waals surface area contributed by atoms with E-state index in [0.717, 1.165) is 18.5 Å². The summed E-state index contributed by atoms with van der Waals surface area (Å²) < 4.78 is 0. The number of rotatable bonds is 4. The molecule has 2 heterocycles. The van der Waals surface area contributed by atoms with Crippen LogP contribution in [0, 0.1) is 0 Å². The van der Waals surface area contributed by atoms with Gasteiger partial charge in [0.25, 0.3) is 0 Å². The molecule has 0 radical (unpaired) electrons. The first-order valence-electron chi connectivity index (χ1n) is 6.83. The Labute approximate surface area is 113 Å². The largest absolute Gasteiger partial charge is 0.354 e. The van der Waals surface area contributed by atoms with Gasteiger partial charge in [-0.1, -0.05) is 19.1 Å². The van der Waals surface area contributed by atoms with Crippen molar-refractivity contribution in [2.75, 3.05) is 13.6 Å². The van der Waals surface area contributed by atoms with Crippen LogP contribution >= 0.6 is 0 Å². The Bertz CT molecular complexity index is 699. The Morgan fingerprint density at radius 2 is 2.11 bits per heavy atom. The number of hydrogen-bond donors (Lipinski definition) is 2. The minimum absolute atomic E-state index is 0.568. The standard InChI is InChI=1S/C16H19N3/c1-3-11(9-17-2)12-4-5-13-14-10-18-7-6-15(14)19-16(13)8-12/h4-8,10-11,17,19H,3,9H2,1-2H3. The maximum Gasteiger partial charge on any atom is 0.0495 e. The first kappa shape index (κ1) is 12.2. The van der Waals surface area contributed by atoms with E-state index >= 15 is 0 Å². The average Bonchev–Trinajstić information content (AvgIpc) is 2.82. The summed E-state index contributed by atoms with van der Waals surface area (Å²) in [5, 5.41) is 5.73. The van der Waals surface area contributed by atoms with Gasteiger partial charge in [-0.3, -0.25) is 4.98 Å². The van der Waals surface area contributed by atoms with Crippen LogP contribution in [-0.2, 0) is 0 Å². The summed E-state index contributed by atoms with van der Waals surface area (Å²) in [5.41, 5.74) is 3.75. The van der Waals surface area contributed by atoms with Crippen LogP contribution in [0.15, 0.2) is 36.7 Å². The molecule has 3 rings (SSSR count). The fourth-order valence-electron chi connectivity index (χ4n) is 2.76. The second-order valence-corrected chi connectivity index (χ2v) is 5.01. The number of likely N-dealkylation sites (N-methyl/N-ethyl adjacent to an activating group) is 1. The summed E-state index contributed by atoms with van der Waals surface area (Å²) in [4.78, 5) is 7.69. The van der Waals surface area contributed by atoms with E-state index in [1.807, 2.05) is 25.5 Å². The van der Waals surface area contributed by atoms with Crippen molar-refractivity contribution in [3.8, 4) is 0 Å². The molecule has 3 aromatic rings. The van der Waals surface area contributed by atoms with E-state index in [-0.39, 0.29) is 0 Å². The smallest absolute Gasteiger partial charge is 0.0495 e. The van der Waals surface area contributed by atoms with Crippen LogP contribution in [0.4, 0.5) is 0 Å². The van der Waals surface area contributed by atoms with Crippen LogP contribution in [0.3, 0.4) is 0 Å². The van der Waals surface area contributed by atoms with Gasteiger partial charge in [-0.2, -0.15) is 0 Å². The van der Waals surface area contributed by atoms with Gasteiger partial charge in [-0.05, 0) is 37.1 Å². The van der Waals surface area contributed by atoms with Gasteiger partial charge in [-0.25, -0.2) is 0 Å². The average molecular weight is 253 g/mol. The highest BCUT2D eigenvalue weighted by molar-refractivity contribution is 6.06. The fraction of sp³-hybridized carbons (Fsp3) is 0.312. The third kappa shape index (κ3) is 2.10. The highest BCUT2D eigenvalue weighted by Crippen LogP contribution is 2.28. The van der Waals surface area contributed by atoms with E-state index in [2.05, 4.69) is 40.4 Å². The van der Waals surface area contributed by atoms with Crippen molar-refractivity contribution in [2.24, 2.45) is 0 Å². The SMILES string of the molecule is CCC(CNC)c1ccc2c(c1)[nH]c1ccncc12. The Balaban J connectivity index is 2.12. The van der Waals surface area contributed by atoms with Crippen molar-refractivity contribution < 1.29 is 0 Å². The van der Waals surface area contributed by atoms with Gasteiger partial charge in [-0.15, -0.1) is 0 Å². The molecule has 3 nitrogen and oxygen atoms in total. The van der Waals surface area contributed by atoms with Gasteiger partial charge in [0, 0.05) is 40.7 Å². The van der Waals surface area contributed by atoms with E-state index in [9.17, 15) is 0 Å². The van der Waals surface area contributed by atoms with E-state index in [1.54, 1.807) is 0 Å². The third-order valence-electron chi connectivity index (χ3n) is 3.84. The number of aromatic amines is 1. The van der Waals surface area contributed by atoms with E-state index in [4.69, 9.17) is 0 Å². The molecule has 19 heavy (non-hydrogen) atoms. The number of hydrogen-bond acceptors (Lipinski definition) is 2. The predicted octanol–water partition coefficient (Wildman–Crippen LogP) is 3.43. The monoisotopic (exact) mass is 253 g/mol. The topological polar surface area (TPSA) is 40.7 Å². The van der Waals surface area contributed by atoms with Crippen molar-refractivity contribution in [2.45, 2.75) is 19.3 Å². The van der Waals surface area contributed by atoms with Gasteiger partial charge < -0.3 is 10.3 Å². The first-order chi connectivity index (χ1) is 9.33. The van der Waals surface area contributed by atoms with Crippen LogP contribution in [0.5, 0.6) is 0 Å². The molecule has 0 aliphatic heterocycles. The molecule has 1 atom stereocenters. The molecular formula is C16H19N3. The summed E-state index contributed by atoms with van der Waals surface area (Å²) in [7, 11) is 2.01. The van der Waals surface area contributed by atoms with Crippen molar-refractivity contribution in [1.82, 2.24) is 15.3 Å². The lowest BCUT2D eigenvalue weighted by Gasteiger charge is -2.14. The third-order valence-corrected chi connectivity index (χ3v) is 3.84. The molecular weight excluding hydrogens is 234 g/mol. The molecule has 2 N–H and O–H groups in total. The Morgan fingerprint density at radius 3 is 2.89 bits per heavy atom. The van der Waals surface area contributed by atoms with Crippen LogP contribution in [0.2, 0.25) is 0 Å². The molecule has 0 saturated carbocycles. The minimum atomic E-state index is 0.568. The van der Waals surface area contributed by atoms with Crippen molar-refractivity contribution >= 4 is 21.8 Å². The van der Waals surface area contributed by atoms with Gasteiger partial charge in [0.05, 0.1) is 0 Å². The summed E-state index contributed by atoms with van der Waals surface area (Å²) in [6.07, 6.45) is 4.90. The van der Waals surface area contributed by atoms with Gasteiger partial charge in [0.15, 0.2) is 0 Å². The molecule has 98 valence electrons. The first-order valence-corrected chi connectivity index (χ1v) is 6.83. The van der Waals surface area contributed by atoms with Gasteiger partial charge >= 0.3 is 0 Å². The van der Waals surface area contributed by atoms with E-state index in [0.29, 0.717) is 5.92 Å². The van der Waals surface area contributed by atoms with Crippen LogP contribution in [-0.4, -0.2) is 23.6 Å². The van der Waals surface area contributed by atoms with Crippen molar-refractivity contribution in [3.05, 3.63) is 42.2 Å². The maximum atomic E-state index is 4.21. The zero-order chi connectivity index (χ0) is 13.2. The molecule has 0 saturated heterocycles. The quantitative estimate of drug-likeness (QED) is 0.748. The lowest BCUT2D eigenvalue weighted by Crippen LogP contribution is -2.16. The summed E-state index contributed by atoms with van der Waals surface area (Å²) in [6.45, 7) is 3.26. The maximum absolute atomic E-state index is 4.21. The molecule has 0 spiro atoms. The van der Waals surface area contributed by atoms with Crippen LogP contribution < -0.4 is 5.32 Å². The normalized spacial score (nSPS) is 13.2. The molecule has 0 aliphatic rings. The zero-order valence-corrected chi connectivity index (χ0v) is 11.4. The fourth-order valence-corrected chi connectivity index (χ4v) is 2.76. The van der Waals surface area contributed by atoms with Crippen LogP contribution in [0.25, 0.3) is 21.8 Å². The number of aromatic nitrogens is 2. The number of pyridine rings is 1. The van der Waals surface area contributed by atoms with Gasteiger partial charge in [0.1, 0.15) is 0 Å². The lowest BCUT2D eigenvalue weighted by molar-refractivity contribution is 0.612. The molecule has 0 amide bonds. The molecule has 2 aromatic heterocycles. The lowest BCUT2D eigenvalue weighted by atomic mass is 9.95. The molecule has 0 aliphatic carbocycles. The van der Waals surface area contributed by atoms with Crippen molar-refractivity contribution in [1.29, 1.82) is 0 Å². The highest BCUT2D eigenvalue weighted by Gasteiger charge is 2.11. The second kappa shape index (κ2) is 5.02. The zero-order valence-electron chi connectivity index (χ0n) is 11.4. The second-order valence-electron chi connectivity index (χ2n) is 5.01. The van der Waals surface area contributed by atoms with E-state index in [1.165, 1.54) is 21.9 Å². The number of benzene rings is 1. The Kier molecular flexibility index (Phi) is 3.22. The number of H-pyrrole nitrogens is 1. The molecule has 1 aromatic carbocycles. The Hall–Kier alpha value is -1.87. The molecule has 3 heteroatoms. The number of fused-ring (bicyclic) bond motifs is 3. The molecule has 1 unspecified atom stereocenters.